The molecule has 0 saturated carbocycles. The highest BCUT2D eigenvalue weighted by molar-refractivity contribution is 6.27. The van der Waals surface area contributed by atoms with Gasteiger partial charge in [-0.1, -0.05) is 6.07 Å². The zero-order valence-electron chi connectivity index (χ0n) is 15.2. The average Bonchev–Trinajstić information content (AvgIpc) is 2.54. The number of fused-ring (bicyclic) bond motifs is 1. The topological polar surface area (TPSA) is 136 Å². The van der Waals surface area contributed by atoms with Crippen molar-refractivity contribution in [2.45, 2.75) is 51.7 Å². The monoisotopic (exact) mass is 367 g/mol. The van der Waals surface area contributed by atoms with Crippen molar-refractivity contribution in [1.82, 2.24) is 0 Å². The van der Waals surface area contributed by atoms with Gasteiger partial charge < -0.3 is 25.4 Å². The number of carboxylic acid groups (broad SMARTS) is 2. The van der Waals surface area contributed by atoms with Crippen molar-refractivity contribution in [3.63, 3.8) is 0 Å². The first-order valence-electron chi connectivity index (χ1n) is 8.26. The minimum atomic E-state index is -1.82. The summed E-state index contributed by atoms with van der Waals surface area (Å²) in [4.78, 5) is 30.0. The maximum Gasteiger partial charge on any atom is 0.414 e. The number of carbonyl (C=O) groups is 3. The molecule has 2 rings (SSSR count). The summed E-state index contributed by atoms with van der Waals surface area (Å²) in [5.41, 5.74) is 7.56. The van der Waals surface area contributed by atoms with Crippen molar-refractivity contribution in [1.29, 1.82) is 0 Å². The van der Waals surface area contributed by atoms with E-state index < -0.39 is 17.5 Å². The van der Waals surface area contributed by atoms with Gasteiger partial charge in [-0.2, -0.15) is 0 Å². The van der Waals surface area contributed by atoms with Crippen LogP contribution >= 0.6 is 0 Å². The summed E-state index contributed by atoms with van der Waals surface area (Å²) in [5, 5.41) is 14.8. The third-order valence-electron chi connectivity index (χ3n) is 3.77. The fourth-order valence-corrected chi connectivity index (χ4v) is 2.47. The third kappa shape index (κ3) is 6.36. The number of esters is 1. The Morgan fingerprint density at radius 1 is 1.19 bits per heavy atom. The second kappa shape index (κ2) is 9.19. The first-order valence-corrected chi connectivity index (χ1v) is 8.26. The standard InChI is InChI=1S/C16H23NO3.C2H2O4/c1-4-19-15(18)16(2,3)20-14-8-6-11-5-7-13(17)9-12(11)10-14;3-1(4)2(5)6/h6,8,10,13H,4-5,7,9,17H2,1-3H3;(H,3,4)(H,5,6). The number of hydrogen-bond donors (Lipinski definition) is 3. The molecule has 0 aliphatic heterocycles. The van der Waals surface area contributed by atoms with Crippen molar-refractivity contribution in [3.05, 3.63) is 29.3 Å². The van der Waals surface area contributed by atoms with Gasteiger partial charge >= 0.3 is 17.9 Å². The molecule has 1 aliphatic carbocycles. The lowest BCUT2D eigenvalue weighted by atomic mass is 9.88. The average molecular weight is 367 g/mol. The van der Waals surface area contributed by atoms with Gasteiger partial charge in [0.1, 0.15) is 5.75 Å². The summed E-state index contributed by atoms with van der Waals surface area (Å²) in [6, 6.07) is 6.19. The number of carbonyl (C=O) groups excluding carboxylic acids is 1. The van der Waals surface area contributed by atoms with Crippen molar-refractivity contribution in [3.8, 4) is 5.75 Å². The molecule has 0 saturated heterocycles. The Kier molecular flexibility index (Phi) is 7.57. The molecule has 0 fully saturated rings. The highest BCUT2D eigenvalue weighted by atomic mass is 16.6. The minimum absolute atomic E-state index is 0.218. The Bertz CT molecular complexity index is 658. The number of nitrogens with two attached hydrogens (primary N) is 1. The van der Waals surface area contributed by atoms with Gasteiger partial charge in [-0.15, -0.1) is 0 Å². The van der Waals surface area contributed by atoms with Gasteiger partial charge in [0.25, 0.3) is 0 Å². The summed E-state index contributed by atoms with van der Waals surface area (Å²) in [7, 11) is 0. The van der Waals surface area contributed by atoms with Gasteiger partial charge in [-0.05, 0) is 63.3 Å². The molecule has 144 valence electrons. The van der Waals surface area contributed by atoms with Crippen molar-refractivity contribution >= 4 is 17.9 Å². The maximum absolute atomic E-state index is 11.8. The van der Waals surface area contributed by atoms with Crippen LogP contribution in [0.3, 0.4) is 0 Å². The molecule has 1 aromatic rings. The van der Waals surface area contributed by atoms with Gasteiger partial charge in [-0.3, -0.25) is 0 Å². The number of benzene rings is 1. The van der Waals surface area contributed by atoms with E-state index in [0.29, 0.717) is 12.4 Å². The van der Waals surface area contributed by atoms with Crippen molar-refractivity contribution in [2.75, 3.05) is 6.61 Å². The van der Waals surface area contributed by atoms with E-state index in [1.807, 2.05) is 12.1 Å². The normalized spacial score (nSPS) is 15.8. The molecule has 0 spiro atoms. The van der Waals surface area contributed by atoms with Crippen LogP contribution in [0.15, 0.2) is 18.2 Å². The Morgan fingerprint density at radius 3 is 2.35 bits per heavy atom. The van der Waals surface area contributed by atoms with E-state index in [4.69, 9.17) is 35.0 Å². The molecule has 0 bridgehead atoms. The van der Waals surface area contributed by atoms with Crippen LogP contribution in [0.4, 0.5) is 0 Å². The molecular formula is C18H25NO7. The van der Waals surface area contributed by atoms with Gasteiger partial charge in [0.2, 0.25) is 0 Å². The Hall–Kier alpha value is -2.61. The fourth-order valence-electron chi connectivity index (χ4n) is 2.47. The van der Waals surface area contributed by atoms with Crippen LogP contribution in [-0.2, 0) is 32.0 Å². The number of carboxylic acids is 2. The van der Waals surface area contributed by atoms with Gasteiger partial charge in [-0.25, -0.2) is 14.4 Å². The summed E-state index contributed by atoms with van der Waals surface area (Å²) < 4.78 is 10.8. The molecule has 0 heterocycles. The van der Waals surface area contributed by atoms with Crippen LogP contribution < -0.4 is 10.5 Å². The van der Waals surface area contributed by atoms with E-state index in [-0.39, 0.29) is 12.0 Å². The lowest BCUT2D eigenvalue weighted by molar-refractivity contribution is -0.159. The first kappa shape index (κ1) is 21.4. The maximum atomic E-state index is 11.8. The van der Waals surface area contributed by atoms with Crippen LogP contribution in [-0.4, -0.2) is 46.4 Å². The van der Waals surface area contributed by atoms with E-state index in [1.165, 1.54) is 11.1 Å². The summed E-state index contributed by atoms with van der Waals surface area (Å²) >= 11 is 0. The molecule has 0 radical (unpaired) electrons. The van der Waals surface area contributed by atoms with E-state index in [1.54, 1.807) is 20.8 Å². The van der Waals surface area contributed by atoms with Crippen LogP contribution in [0.1, 0.15) is 38.3 Å². The molecule has 8 nitrogen and oxygen atoms in total. The number of aliphatic carboxylic acids is 2. The summed E-state index contributed by atoms with van der Waals surface area (Å²) in [5.74, 6) is -3.31. The molecule has 26 heavy (non-hydrogen) atoms. The fraction of sp³-hybridized carbons (Fsp3) is 0.500. The minimum Gasteiger partial charge on any atom is -0.476 e. The van der Waals surface area contributed by atoms with E-state index in [0.717, 1.165) is 19.3 Å². The molecule has 1 aliphatic rings. The number of rotatable bonds is 4. The molecule has 0 aromatic heterocycles. The van der Waals surface area contributed by atoms with Crippen LogP contribution in [0.2, 0.25) is 0 Å². The van der Waals surface area contributed by atoms with Crippen LogP contribution in [0.5, 0.6) is 5.75 Å². The molecule has 1 atom stereocenters. The Morgan fingerprint density at radius 2 is 1.81 bits per heavy atom. The first-order chi connectivity index (χ1) is 12.1. The van der Waals surface area contributed by atoms with Crippen LogP contribution in [0, 0.1) is 0 Å². The molecule has 1 aromatic carbocycles. The zero-order chi connectivity index (χ0) is 19.9. The van der Waals surface area contributed by atoms with Crippen LogP contribution in [0.25, 0.3) is 0 Å². The number of hydrogen-bond acceptors (Lipinski definition) is 6. The predicted octanol–water partition coefficient (Wildman–Crippen LogP) is 1.38. The van der Waals surface area contributed by atoms with E-state index in [9.17, 15) is 4.79 Å². The number of ether oxygens (including phenoxy) is 2. The van der Waals surface area contributed by atoms with E-state index >= 15 is 0 Å². The summed E-state index contributed by atoms with van der Waals surface area (Å²) in [6.07, 6.45) is 2.91. The largest absolute Gasteiger partial charge is 0.476 e. The zero-order valence-corrected chi connectivity index (χ0v) is 15.2. The second-order valence-corrected chi connectivity index (χ2v) is 6.38. The smallest absolute Gasteiger partial charge is 0.414 e. The Balaban J connectivity index is 0.000000487. The van der Waals surface area contributed by atoms with Crippen molar-refractivity contribution < 1.29 is 34.1 Å². The molecule has 8 heteroatoms. The van der Waals surface area contributed by atoms with Gasteiger partial charge in [0, 0.05) is 6.04 Å². The molecule has 0 amide bonds. The molecule has 1 unspecified atom stereocenters. The van der Waals surface area contributed by atoms with Gasteiger partial charge in [0.15, 0.2) is 5.60 Å². The van der Waals surface area contributed by atoms with Gasteiger partial charge in [0.05, 0.1) is 6.61 Å². The van der Waals surface area contributed by atoms with Crippen molar-refractivity contribution in [2.24, 2.45) is 5.73 Å². The number of aryl methyl sites for hydroxylation is 1. The molecular weight excluding hydrogens is 342 g/mol. The van der Waals surface area contributed by atoms with E-state index in [2.05, 4.69) is 6.07 Å². The second-order valence-electron chi connectivity index (χ2n) is 6.38. The lowest BCUT2D eigenvalue weighted by Crippen LogP contribution is -2.39. The lowest BCUT2D eigenvalue weighted by Gasteiger charge is -2.26. The summed E-state index contributed by atoms with van der Waals surface area (Å²) in [6.45, 7) is 5.57. The Labute approximate surface area is 151 Å². The highest BCUT2D eigenvalue weighted by Crippen LogP contribution is 2.27. The quantitative estimate of drug-likeness (QED) is 0.536. The SMILES string of the molecule is CCOC(=O)C(C)(C)Oc1ccc2c(c1)CC(N)CC2.O=C(O)C(=O)O. The molecule has 4 N–H and O–H groups in total. The predicted molar refractivity (Wildman–Crippen MR) is 93.1 cm³/mol. The third-order valence-corrected chi connectivity index (χ3v) is 3.77. The highest BCUT2D eigenvalue weighted by Gasteiger charge is 2.31.